The van der Waals surface area contributed by atoms with Gasteiger partial charge in [0.2, 0.25) is 0 Å². The minimum absolute atomic E-state index is 0.145. The smallest absolute Gasteiger partial charge is 0.170 e. The Bertz CT molecular complexity index is 410. The summed E-state index contributed by atoms with van der Waals surface area (Å²) in [6, 6.07) is 5.45. The van der Waals surface area contributed by atoms with Crippen molar-refractivity contribution in [2.75, 3.05) is 6.54 Å². The highest BCUT2D eigenvalue weighted by Gasteiger charge is 2.48. The van der Waals surface area contributed by atoms with Crippen molar-refractivity contribution in [3.8, 4) is 0 Å². The quantitative estimate of drug-likeness (QED) is 0.801. The summed E-state index contributed by atoms with van der Waals surface area (Å²) in [5.41, 5.74) is 7.02. The first kappa shape index (κ1) is 10.7. The minimum Gasteiger partial charge on any atom is -0.329 e. The van der Waals surface area contributed by atoms with Gasteiger partial charge in [0.15, 0.2) is 5.78 Å². The van der Waals surface area contributed by atoms with Gasteiger partial charge in [-0.2, -0.15) is 0 Å². The molecule has 3 heteroatoms. The number of carbonyl (C=O) groups excluding carboxylic acids is 1. The maximum absolute atomic E-state index is 12.1. The third kappa shape index (κ3) is 1.80. The second kappa shape index (κ2) is 3.62. The highest BCUT2D eigenvalue weighted by atomic mass is 35.5. The highest BCUT2D eigenvalue weighted by molar-refractivity contribution is 6.31. The molecule has 1 fully saturated rings. The molecule has 2 N–H and O–H groups in total. The Morgan fingerprint density at radius 1 is 1.53 bits per heavy atom. The topological polar surface area (TPSA) is 43.1 Å². The monoisotopic (exact) mass is 223 g/mol. The van der Waals surface area contributed by atoms with Gasteiger partial charge in [0, 0.05) is 22.5 Å². The number of hydrogen-bond acceptors (Lipinski definition) is 2. The van der Waals surface area contributed by atoms with Gasteiger partial charge in [0.1, 0.15) is 0 Å². The lowest BCUT2D eigenvalue weighted by Gasteiger charge is -2.11. The molecule has 0 aromatic heterocycles. The fraction of sp³-hybridized carbons (Fsp3) is 0.417. The number of halogens is 1. The number of benzene rings is 1. The van der Waals surface area contributed by atoms with E-state index < -0.39 is 0 Å². The molecule has 1 aromatic carbocycles. The molecule has 0 radical (unpaired) electrons. The maximum Gasteiger partial charge on any atom is 0.170 e. The first-order valence-electron chi connectivity index (χ1n) is 5.10. The predicted octanol–water partition coefficient (Wildman–Crippen LogP) is 2.57. The van der Waals surface area contributed by atoms with Crippen molar-refractivity contribution in [1.29, 1.82) is 0 Å². The molecule has 0 bridgehead atoms. The molecule has 0 unspecified atom stereocenters. The van der Waals surface area contributed by atoms with E-state index in [4.69, 9.17) is 17.3 Å². The predicted molar refractivity (Wildman–Crippen MR) is 61.2 cm³/mol. The van der Waals surface area contributed by atoms with Crippen LogP contribution in [-0.4, -0.2) is 12.3 Å². The van der Waals surface area contributed by atoms with E-state index in [2.05, 4.69) is 0 Å². The van der Waals surface area contributed by atoms with Crippen molar-refractivity contribution in [1.82, 2.24) is 0 Å². The van der Waals surface area contributed by atoms with E-state index >= 15 is 0 Å². The molecule has 0 heterocycles. The zero-order chi connectivity index (χ0) is 11.1. The van der Waals surface area contributed by atoms with Crippen LogP contribution in [0.1, 0.15) is 28.8 Å². The van der Waals surface area contributed by atoms with Gasteiger partial charge in [-0.1, -0.05) is 23.7 Å². The third-order valence-electron chi connectivity index (χ3n) is 3.16. The van der Waals surface area contributed by atoms with Crippen LogP contribution in [0.2, 0.25) is 5.02 Å². The molecule has 80 valence electrons. The molecule has 1 aromatic rings. The molecule has 2 nitrogen and oxygen atoms in total. The van der Waals surface area contributed by atoms with E-state index in [9.17, 15) is 4.79 Å². The number of hydrogen-bond donors (Lipinski definition) is 1. The summed E-state index contributed by atoms with van der Waals surface area (Å²) in [5, 5.41) is 0.647. The van der Waals surface area contributed by atoms with Gasteiger partial charge in [-0.05, 0) is 31.4 Å². The summed E-state index contributed by atoms with van der Waals surface area (Å²) >= 11 is 5.99. The third-order valence-corrected chi connectivity index (χ3v) is 3.57. The molecule has 0 spiro atoms. The summed E-state index contributed by atoms with van der Waals surface area (Å²) in [6.45, 7) is 2.36. The summed E-state index contributed by atoms with van der Waals surface area (Å²) in [5.74, 6) is 0.145. The first-order chi connectivity index (χ1) is 7.09. The minimum atomic E-state index is -0.279. The van der Waals surface area contributed by atoms with Crippen LogP contribution in [-0.2, 0) is 0 Å². The number of ketones is 1. The fourth-order valence-electron chi connectivity index (χ4n) is 1.72. The van der Waals surface area contributed by atoms with Gasteiger partial charge in [-0.3, -0.25) is 4.79 Å². The van der Waals surface area contributed by atoms with Crippen LogP contribution in [0.3, 0.4) is 0 Å². The first-order valence-corrected chi connectivity index (χ1v) is 5.48. The Morgan fingerprint density at radius 2 is 2.20 bits per heavy atom. The number of aryl methyl sites for hydroxylation is 1. The number of Topliss-reactive ketones (excluding diaryl/α,β-unsaturated/α-hetero) is 1. The van der Waals surface area contributed by atoms with Crippen molar-refractivity contribution >= 4 is 17.4 Å². The summed E-state index contributed by atoms with van der Waals surface area (Å²) < 4.78 is 0. The molecular formula is C12H14ClNO. The van der Waals surface area contributed by atoms with Gasteiger partial charge in [-0.15, -0.1) is 0 Å². The zero-order valence-corrected chi connectivity index (χ0v) is 9.47. The van der Waals surface area contributed by atoms with E-state index in [1.54, 1.807) is 6.07 Å². The van der Waals surface area contributed by atoms with Crippen LogP contribution >= 0.6 is 11.6 Å². The molecule has 1 aliphatic rings. The second-order valence-electron chi connectivity index (χ2n) is 4.28. The molecule has 15 heavy (non-hydrogen) atoms. The molecule has 0 aliphatic heterocycles. The average Bonchev–Trinajstić information content (AvgIpc) is 3.02. The average molecular weight is 224 g/mol. The van der Waals surface area contributed by atoms with Crippen molar-refractivity contribution in [2.45, 2.75) is 19.8 Å². The molecule has 0 amide bonds. The van der Waals surface area contributed by atoms with Crippen LogP contribution in [0.25, 0.3) is 0 Å². The van der Waals surface area contributed by atoms with Crippen LogP contribution < -0.4 is 5.73 Å². The van der Waals surface area contributed by atoms with Crippen LogP contribution in [0.15, 0.2) is 18.2 Å². The maximum atomic E-state index is 12.1. The zero-order valence-electron chi connectivity index (χ0n) is 8.72. The summed E-state index contributed by atoms with van der Waals surface area (Å²) in [4.78, 5) is 12.1. The van der Waals surface area contributed by atoms with Gasteiger partial charge in [-0.25, -0.2) is 0 Å². The molecular weight excluding hydrogens is 210 g/mol. The van der Waals surface area contributed by atoms with E-state index in [1.807, 2.05) is 19.1 Å². The van der Waals surface area contributed by atoms with Crippen molar-refractivity contribution in [3.05, 3.63) is 34.3 Å². The van der Waals surface area contributed by atoms with Crippen molar-refractivity contribution in [2.24, 2.45) is 11.1 Å². The van der Waals surface area contributed by atoms with E-state index in [0.29, 0.717) is 17.1 Å². The lowest BCUT2D eigenvalue weighted by atomic mass is 9.94. The molecule has 2 rings (SSSR count). The van der Waals surface area contributed by atoms with Crippen LogP contribution in [0, 0.1) is 12.3 Å². The molecule has 1 aliphatic carbocycles. The van der Waals surface area contributed by atoms with Gasteiger partial charge in [0.25, 0.3) is 0 Å². The van der Waals surface area contributed by atoms with Crippen molar-refractivity contribution < 1.29 is 4.79 Å². The second-order valence-corrected chi connectivity index (χ2v) is 4.68. The van der Waals surface area contributed by atoms with E-state index in [0.717, 1.165) is 18.4 Å². The normalized spacial score (nSPS) is 17.5. The summed E-state index contributed by atoms with van der Waals surface area (Å²) in [7, 11) is 0. The SMILES string of the molecule is Cc1ccc(C(=O)C2(CN)CC2)cc1Cl. The summed E-state index contributed by atoms with van der Waals surface area (Å²) in [6.07, 6.45) is 1.82. The van der Waals surface area contributed by atoms with Gasteiger partial charge in [0.05, 0.1) is 0 Å². The Kier molecular flexibility index (Phi) is 2.57. The van der Waals surface area contributed by atoms with E-state index in [1.165, 1.54) is 0 Å². The van der Waals surface area contributed by atoms with Gasteiger partial charge < -0.3 is 5.73 Å². The lowest BCUT2D eigenvalue weighted by molar-refractivity contribution is 0.0905. The Labute approximate surface area is 94.4 Å². The van der Waals surface area contributed by atoms with E-state index in [-0.39, 0.29) is 11.2 Å². The number of nitrogens with two attached hydrogens (primary N) is 1. The lowest BCUT2D eigenvalue weighted by Crippen LogP contribution is -2.25. The standard InChI is InChI=1S/C12H14ClNO/c1-8-2-3-9(6-10(8)13)11(15)12(7-14)4-5-12/h2-3,6H,4-5,7,14H2,1H3. The Hall–Kier alpha value is -0.860. The molecule has 0 saturated heterocycles. The molecule has 0 atom stereocenters. The van der Waals surface area contributed by atoms with Crippen LogP contribution in [0.4, 0.5) is 0 Å². The molecule has 1 saturated carbocycles. The number of carbonyl (C=O) groups is 1. The fourth-order valence-corrected chi connectivity index (χ4v) is 1.90. The van der Waals surface area contributed by atoms with Gasteiger partial charge >= 0.3 is 0 Å². The van der Waals surface area contributed by atoms with Crippen molar-refractivity contribution in [3.63, 3.8) is 0 Å². The number of rotatable bonds is 3. The Balaban J connectivity index is 2.30. The largest absolute Gasteiger partial charge is 0.329 e. The Morgan fingerprint density at radius 3 is 2.67 bits per heavy atom. The van der Waals surface area contributed by atoms with Crippen LogP contribution in [0.5, 0.6) is 0 Å². The highest BCUT2D eigenvalue weighted by Crippen LogP contribution is 2.47.